The monoisotopic (exact) mass is 276 g/mol. The molecule has 3 rings (SSSR count). The van der Waals surface area contributed by atoms with Crippen LogP contribution in [0.25, 0.3) is 0 Å². The number of nitrogens with one attached hydrogen (secondary N) is 2. The highest BCUT2D eigenvalue weighted by Gasteiger charge is 2.23. The van der Waals surface area contributed by atoms with Crippen LogP contribution in [-0.4, -0.2) is 49.2 Å². The summed E-state index contributed by atoms with van der Waals surface area (Å²) in [5.74, 6) is 1.98. The van der Waals surface area contributed by atoms with Gasteiger partial charge in [-0.05, 0) is 38.8 Å². The molecule has 2 fully saturated rings. The lowest BCUT2D eigenvalue weighted by Gasteiger charge is -2.29. The Hall–Kier alpha value is -1.40. The lowest BCUT2D eigenvalue weighted by Crippen LogP contribution is -2.44. The van der Waals surface area contributed by atoms with Crippen molar-refractivity contribution in [1.29, 1.82) is 0 Å². The van der Waals surface area contributed by atoms with Crippen LogP contribution in [-0.2, 0) is 0 Å². The fraction of sp³-hybridized carbons (Fsp3) is 0.714. The Morgan fingerprint density at radius 1 is 1.05 bits per heavy atom. The number of hydrogen-bond donors (Lipinski definition) is 3. The maximum Gasteiger partial charge on any atom is 0.227 e. The van der Waals surface area contributed by atoms with Crippen molar-refractivity contribution in [2.45, 2.75) is 25.7 Å². The normalized spacial score (nSPS) is 21.1. The molecule has 1 aromatic rings. The smallest absolute Gasteiger partial charge is 0.227 e. The second kappa shape index (κ2) is 5.93. The van der Waals surface area contributed by atoms with Crippen LogP contribution in [0.15, 0.2) is 0 Å². The van der Waals surface area contributed by atoms with Crippen LogP contribution < -0.4 is 21.3 Å². The average Bonchev–Trinajstić information content (AvgIpc) is 2.48. The average molecular weight is 276 g/mol. The number of nitrogens with two attached hydrogens (primary N) is 1. The molecule has 0 bridgehead atoms. The number of aryl methyl sites for hydroxylation is 1. The van der Waals surface area contributed by atoms with E-state index in [1.54, 1.807) is 0 Å². The topological polar surface area (TPSA) is 79.1 Å². The Labute approximate surface area is 120 Å². The molecular formula is C14H24N6. The number of piperidine rings is 1. The Kier molecular flexibility index (Phi) is 4.03. The Morgan fingerprint density at radius 3 is 2.35 bits per heavy atom. The van der Waals surface area contributed by atoms with E-state index in [9.17, 15) is 0 Å². The van der Waals surface area contributed by atoms with E-state index in [2.05, 4.69) is 27.4 Å². The van der Waals surface area contributed by atoms with Gasteiger partial charge >= 0.3 is 0 Å². The van der Waals surface area contributed by atoms with Gasteiger partial charge in [-0.25, -0.2) is 4.98 Å². The fourth-order valence-corrected chi connectivity index (χ4v) is 3.21. The van der Waals surface area contributed by atoms with Crippen LogP contribution in [0.4, 0.5) is 11.8 Å². The zero-order valence-electron chi connectivity index (χ0n) is 12.2. The fourth-order valence-electron chi connectivity index (χ4n) is 3.21. The van der Waals surface area contributed by atoms with Crippen molar-refractivity contribution in [1.82, 2.24) is 20.6 Å². The first-order valence-electron chi connectivity index (χ1n) is 7.56. The Balaban J connectivity index is 1.85. The maximum absolute atomic E-state index is 6.25. The van der Waals surface area contributed by atoms with Gasteiger partial charge in [0.25, 0.3) is 0 Å². The molecule has 1 aromatic heterocycles. The first-order chi connectivity index (χ1) is 9.75. The van der Waals surface area contributed by atoms with E-state index in [-0.39, 0.29) is 0 Å². The molecule has 0 saturated carbocycles. The molecular weight excluding hydrogens is 252 g/mol. The zero-order chi connectivity index (χ0) is 13.9. The van der Waals surface area contributed by atoms with Crippen LogP contribution in [0.1, 0.15) is 30.0 Å². The Bertz CT molecular complexity index is 440. The van der Waals surface area contributed by atoms with E-state index in [0.29, 0.717) is 11.7 Å². The molecule has 2 saturated heterocycles. The van der Waals surface area contributed by atoms with Crippen LogP contribution >= 0.6 is 0 Å². The molecule has 110 valence electrons. The maximum atomic E-state index is 6.25. The number of nitrogens with zero attached hydrogens (tertiary/aromatic N) is 3. The second-order valence-electron chi connectivity index (χ2n) is 5.67. The van der Waals surface area contributed by atoms with Crippen molar-refractivity contribution in [3.63, 3.8) is 0 Å². The summed E-state index contributed by atoms with van der Waals surface area (Å²) < 4.78 is 0. The minimum atomic E-state index is 0.508. The third-order valence-electron chi connectivity index (χ3n) is 4.30. The summed E-state index contributed by atoms with van der Waals surface area (Å²) in [6.07, 6.45) is 2.25. The Morgan fingerprint density at radius 2 is 1.70 bits per heavy atom. The largest absolute Gasteiger partial charge is 0.383 e. The van der Waals surface area contributed by atoms with Gasteiger partial charge in [0, 0.05) is 37.4 Å². The minimum absolute atomic E-state index is 0.508. The highest BCUT2D eigenvalue weighted by Crippen LogP contribution is 2.31. The molecule has 0 amide bonds. The summed E-state index contributed by atoms with van der Waals surface area (Å²) in [5.41, 5.74) is 8.47. The van der Waals surface area contributed by atoms with Crippen molar-refractivity contribution >= 4 is 11.8 Å². The lowest BCUT2D eigenvalue weighted by atomic mass is 9.89. The van der Waals surface area contributed by atoms with Gasteiger partial charge in [-0.1, -0.05) is 0 Å². The molecule has 0 spiro atoms. The van der Waals surface area contributed by atoms with E-state index in [0.717, 1.165) is 63.8 Å². The number of hydrogen-bond acceptors (Lipinski definition) is 6. The highest BCUT2D eigenvalue weighted by molar-refractivity contribution is 5.50. The van der Waals surface area contributed by atoms with Crippen molar-refractivity contribution in [2.24, 2.45) is 0 Å². The van der Waals surface area contributed by atoms with Crippen LogP contribution in [0.3, 0.4) is 0 Å². The van der Waals surface area contributed by atoms with Crippen molar-refractivity contribution in [3.05, 3.63) is 11.3 Å². The van der Waals surface area contributed by atoms with Crippen LogP contribution in [0.5, 0.6) is 0 Å². The number of rotatable bonds is 2. The van der Waals surface area contributed by atoms with Gasteiger partial charge in [-0.2, -0.15) is 4.98 Å². The highest BCUT2D eigenvalue weighted by atomic mass is 15.3. The van der Waals surface area contributed by atoms with Crippen LogP contribution in [0.2, 0.25) is 0 Å². The van der Waals surface area contributed by atoms with E-state index in [4.69, 9.17) is 10.7 Å². The van der Waals surface area contributed by atoms with Gasteiger partial charge in [-0.3, -0.25) is 0 Å². The number of nitrogen functional groups attached to an aromatic ring is 1. The van der Waals surface area contributed by atoms with Crippen molar-refractivity contribution in [3.8, 4) is 0 Å². The van der Waals surface area contributed by atoms with Crippen LogP contribution in [0, 0.1) is 6.92 Å². The quantitative estimate of drug-likeness (QED) is 0.718. The van der Waals surface area contributed by atoms with E-state index < -0.39 is 0 Å². The van der Waals surface area contributed by atoms with Gasteiger partial charge in [0.15, 0.2) is 0 Å². The molecule has 2 aliphatic rings. The number of aromatic nitrogens is 2. The summed E-state index contributed by atoms with van der Waals surface area (Å²) >= 11 is 0. The van der Waals surface area contributed by atoms with Gasteiger partial charge in [-0.15, -0.1) is 0 Å². The van der Waals surface area contributed by atoms with E-state index in [1.807, 2.05) is 0 Å². The molecule has 3 heterocycles. The SMILES string of the molecule is Cc1nc(N2CCNCC2)nc(N)c1C1CCNCC1. The molecule has 0 atom stereocenters. The van der Waals surface area contributed by atoms with E-state index >= 15 is 0 Å². The number of anilines is 2. The molecule has 0 unspecified atom stereocenters. The standard InChI is InChI=1S/C14H24N6/c1-10-12(11-2-4-16-5-3-11)13(15)19-14(18-10)20-8-6-17-7-9-20/h11,16-17H,2-9H2,1H3,(H2,15,18,19). The molecule has 6 nitrogen and oxygen atoms in total. The van der Waals surface area contributed by atoms with Gasteiger partial charge in [0.2, 0.25) is 5.95 Å². The number of piperazine rings is 1. The summed E-state index contributed by atoms with van der Waals surface area (Å²) in [6, 6.07) is 0. The molecule has 6 heteroatoms. The van der Waals surface area contributed by atoms with Gasteiger partial charge in [0.05, 0.1) is 0 Å². The predicted octanol–water partition coefficient (Wildman–Crippen LogP) is 0.244. The molecule has 20 heavy (non-hydrogen) atoms. The van der Waals surface area contributed by atoms with Crippen molar-refractivity contribution in [2.75, 3.05) is 49.9 Å². The molecule has 4 N–H and O–H groups in total. The van der Waals surface area contributed by atoms with Gasteiger partial charge in [0.1, 0.15) is 5.82 Å². The second-order valence-corrected chi connectivity index (χ2v) is 5.67. The molecule has 2 aliphatic heterocycles. The summed E-state index contributed by atoms with van der Waals surface area (Å²) in [5, 5.41) is 6.73. The lowest BCUT2D eigenvalue weighted by molar-refractivity contribution is 0.458. The summed E-state index contributed by atoms with van der Waals surface area (Å²) in [6.45, 7) is 8.06. The summed E-state index contributed by atoms with van der Waals surface area (Å²) in [4.78, 5) is 11.5. The summed E-state index contributed by atoms with van der Waals surface area (Å²) in [7, 11) is 0. The first-order valence-corrected chi connectivity index (χ1v) is 7.56. The third kappa shape index (κ3) is 2.71. The molecule has 0 radical (unpaired) electrons. The van der Waals surface area contributed by atoms with E-state index in [1.165, 1.54) is 5.56 Å². The molecule has 0 aliphatic carbocycles. The zero-order valence-corrected chi connectivity index (χ0v) is 12.2. The first kappa shape index (κ1) is 13.6. The van der Waals surface area contributed by atoms with Crippen molar-refractivity contribution < 1.29 is 0 Å². The minimum Gasteiger partial charge on any atom is -0.383 e. The predicted molar refractivity (Wildman–Crippen MR) is 81.1 cm³/mol. The third-order valence-corrected chi connectivity index (χ3v) is 4.30. The molecule has 0 aromatic carbocycles. The van der Waals surface area contributed by atoms with Gasteiger partial charge < -0.3 is 21.3 Å².